The number of para-hydroxylation sites is 1. The highest BCUT2D eigenvalue weighted by atomic mass is 14.9. The van der Waals surface area contributed by atoms with E-state index in [2.05, 4.69) is 45.9 Å². The predicted molar refractivity (Wildman–Crippen MR) is 99.9 cm³/mol. The van der Waals surface area contributed by atoms with Crippen LogP contribution in [0.5, 0.6) is 0 Å². The molecule has 0 bridgehead atoms. The fraction of sp³-hybridized carbons (Fsp3) is 0.333. The minimum Gasteiger partial charge on any atom is -0.274 e. The van der Waals surface area contributed by atoms with Crippen molar-refractivity contribution in [2.45, 2.75) is 46.1 Å². The zero-order valence-corrected chi connectivity index (χ0v) is 14.4. The Morgan fingerprint density at radius 1 is 1.09 bits per heavy atom. The Balaban J connectivity index is 2.07. The van der Waals surface area contributed by atoms with Crippen LogP contribution in [0.1, 0.15) is 40.5 Å². The van der Waals surface area contributed by atoms with Crippen molar-refractivity contribution in [3.8, 4) is 0 Å². The molecule has 0 radical (unpaired) electrons. The van der Waals surface area contributed by atoms with Gasteiger partial charge < -0.3 is 0 Å². The molecule has 2 heteroatoms. The summed E-state index contributed by atoms with van der Waals surface area (Å²) in [6.45, 7) is 8.77. The molecule has 0 saturated heterocycles. The van der Waals surface area contributed by atoms with Gasteiger partial charge in [-0.1, -0.05) is 38.1 Å². The van der Waals surface area contributed by atoms with Crippen molar-refractivity contribution in [3.63, 3.8) is 0 Å². The summed E-state index contributed by atoms with van der Waals surface area (Å²) in [5, 5.41) is 0. The van der Waals surface area contributed by atoms with Crippen LogP contribution >= 0.6 is 0 Å². The third-order valence-corrected chi connectivity index (χ3v) is 4.59. The summed E-state index contributed by atoms with van der Waals surface area (Å²) in [6.07, 6.45) is 8.70. The second-order valence-corrected chi connectivity index (χ2v) is 6.45. The molecule has 1 aromatic rings. The molecule has 1 aromatic carbocycles. The fourth-order valence-electron chi connectivity index (χ4n) is 3.08. The predicted octanol–water partition coefficient (Wildman–Crippen LogP) is 5.61. The van der Waals surface area contributed by atoms with E-state index >= 15 is 0 Å². The molecule has 1 aliphatic carbocycles. The summed E-state index contributed by atoms with van der Waals surface area (Å²) in [4.78, 5) is 9.79. The molecule has 0 aromatic heterocycles. The highest BCUT2D eigenvalue weighted by Gasteiger charge is 2.29. The summed E-state index contributed by atoms with van der Waals surface area (Å²) in [7, 11) is 0. The largest absolute Gasteiger partial charge is 0.274 e. The van der Waals surface area contributed by atoms with Gasteiger partial charge >= 0.3 is 0 Å². The Morgan fingerprint density at radius 3 is 2.48 bits per heavy atom. The maximum absolute atomic E-state index is 5.02. The lowest BCUT2D eigenvalue weighted by molar-refractivity contribution is 0.558. The van der Waals surface area contributed by atoms with E-state index in [0.29, 0.717) is 0 Å². The van der Waals surface area contributed by atoms with Crippen LogP contribution in [-0.4, -0.2) is 17.0 Å². The third-order valence-electron chi connectivity index (χ3n) is 4.59. The Kier molecular flexibility index (Phi) is 4.16. The van der Waals surface area contributed by atoms with E-state index < -0.39 is 0 Å². The van der Waals surface area contributed by atoms with E-state index in [9.17, 15) is 0 Å². The van der Waals surface area contributed by atoms with Crippen molar-refractivity contribution < 1.29 is 0 Å². The van der Waals surface area contributed by atoms with Crippen LogP contribution in [0.15, 0.2) is 75.3 Å². The third kappa shape index (κ3) is 3.12. The highest BCUT2D eigenvalue weighted by molar-refractivity contribution is 6.26. The fourth-order valence-corrected chi connectivity index (χ4v) is 3.08. The summed E-state index contributed by atoms with van der Waals surface area (Å²) in [5.74, 6) is 0. The monoisotopic (exact) mass is 304 g/mol. The lowest BCUT2D eigenvalue weighted by Gasteiger charge is -2.31. The summed E-state index contributed by atoms with van der Waals surface area (Å²) >= 11 is 0. The molecule has 0 fully saturated rings. The standard InChI is InChI=1S/C21H24N2/c1-5-16-14-21(4,6-2)23-20-15(3)12-18(13-19(16)20)22-17-10-8-7-9-11-17/h7-14H,5-6H2,1-4H3. The second-order valence-electron chi connectivity index (χ2n) is 6.45. The van der Waals surface area contributed by atoms with Crippen molar-refractivity contribution in [3.05, 3.63) is 65.3 Å². The number of hydrogen-bond donors (Lipinski definition) is 0. The van der Waals surface area contributed by atoms with Gasteiger partial charge in [0, 0.05) is 5.57 Å². The van der Waals surface area contributed by atoms with Gasteiger partial charge in [0.05, 0.1) is 22.6 Å². The lowest BCUT2D eigenvalue weighted by Crippen LogP contribution is -2.29. The van der Waals surface area contributed by atoms with Crippen LogP contribution < -0.4 is 0 Å². The Labute approximate surface area is 139 Å². The van der Waals surface area contributed by atoms with E-state index in [-0.39, 0.29) is 5.54 Å². The van der Waals surface area contributed by atoms with Crippen LogP contribution in [0.25, 0.3) is 0 Å². The quantitative estimate of drug-likeness (QED) is 0.649. The molecule has 1 aliphatic heterocycles. The van der Waals surface area contributed by atoms with Crippen LogP contribution in [0, 0.1) is 0 Å². The van der Waals surface area contributed by atoms with Gasteiger partial charge in [0.1, 0.15) is 0 Å². The first-order valence-corrected chi connectivity index (χ1v) is 8.41. The number of dihydropyridines is 1. The van der Waals surface area contributed by atoms with Gasteiger partial charge in [0.15, 0.2) is 0 Å². The average Bonchev–Trinajstić information content (AvgIpc) is 2.56. The Bertz CT molecular complexity index is 760. The van der Waals surface area contributed by atoms with Crippen molar-refractivity contribution in [2.75, 3.05) is 0 Å². The number of benzene rings is 1. The van der Waals surface area contributed by atoms with Crippen LogP contribution in [0.2, 0.25) is 0 Å². The van der Waals surface area contributed by atoms with Crippen LogP contribution in [0.3, 0.4) is 0 Å². The Hall–Kier alpha value is -2.22. The van der Waals surface area contributed by atoms with Gasteiger partial charge in [-0.05, 0) is 62.1 Å². The molecule has 0 saturated carbocycles. The van der Waals surface area contributed by atoms with E-state index in [0.717, 1.165) is 30.0 Å². The SMILES string of the molecule is CCC1=CC(C)(CC)N=C2C(C)=CC(=Nc3ccccc3)C=C12. The number of fused-ring (bicyclic) bond motifs is 1. The van der Waals surface area contributed by atoms with Gasteiger partial charge in [-0.25, -0.2) is 4.99 Å². The van der Waals surface area contributed by atoms with Crippen molar-refractivity contribution in [2.24, 2.45) is 9.98 Å². The minimum absolute atomic E-state index is 0.0821. The van der Waals surface area contributed by atoms with Gasteiger partial charge in [-0.15, -0.1) is 0 Å². The van der Waals surface area contributed by atoms with Gasteiger partial charge in [0.25, 0.3) is 0 Å². The molecule has 0 spiro atoms. The zero-order valence-electron chi connectivity index (χ0n) is 14.4. The maximum Gasteiger partial charge on any atom is 0.0770 e. The summed E-state index contributed by atoms with van der Waals surface area (Å²) < 4.78 is 0. The van der Waals surface area contributed by atoms with Crippen LogP contribution in [-0.2, 0) is 0 Å². The van der Waals surface area contributed by atoms with E-state index in [1.165, 1.54) is 16.7 Å². The molecule has 0 amide bonds. The molecule has 1 unspecified atom stereocenters. The summed E-state index contributed by atoms with van der Waals surface area (Å²) in [5.41, 5.74) is 6.88. The molecule has 2 aliphatic rings. The van der Waals surface area contributed by atoms with Crippen molar-refractivity contribution in [1.82, 2.24) is 0 Å². The maximum atomic E-state index is 5.02. The number of aliphatic imine (C=N–C) groups is 2. The van der Waals surface area contributed by atoms with E-state index in [1.807, 2.05) is 30.3 Å². The molecule has 23 heavy (non-hydrogen) atoms. The molecule has 1 heterocycles. The Morgan fingerprint density at radius 2 is 1.83 bits per heavy atom. The number of allylic oxidation sites excluding steroid dienone is 5. The normalized spacial score (nSPS) is 25.3. The second kappa shape index (κ2) is 6.11. The topological polar surface area (TPSA) is 24.7 Å². The molecular weight excluding hydrogens is 280 g/mol. The molecule has 3 rings (SSSR count). The van der Waals surface area contributed by atoms with Crippen molar-refractivity contribution >= 4 is 17.1 Å². The number of nitrogens with zero attached hydrogens (tertiary/aromatic N) is 2. The minimum atomic E-state index is -0.0821. The van der Waals surface area contributed by atoms with Gasteiger partial charge in [0.2, 0.25) is 0 Å². The smallest absolute Gasteiger partial charge is 0.0770 e. The van der Waals surface area contributed by atoms with Gasteiger partial charge in [-0.3, -0.25) is 4.99 Å². The van der Waals surface area contributed by atoms with E-state index in [1.54, 1.807) is 0 Å². The number of hydrogen-bond acceptors (Lipinski definition) is 2. The number of rotatable bonds is 3. The van der Waals surface area contributed by atoms with E-state index in [4.69, 9.17) is 9.98 Å². The zero-order chi connectivity index (χ0) is 16.4. The molecule has 0 N–H and O–H groups in total. The van der Waals surface area contributed by atoms with Crippen LogP contribution in [0.4, 0.5) is 5.69 Å². The summed E-state index contributed by atoms with van der Waals surface area (Å²) in [6, 6.07) is 10.1. The molecular formula is C21H24N2. The molecule has 2 nitrogen and oxygen atoms in total. The first kappa shape index (κ1) is 15.7. The van der Waals surface area contributed by atoms with Crippen molar-refractivity contribution in [1.29, 1.82) is 0 Å². The molecule has 118 valence electrons. The average molecular weight is 304 g/mol. The first-order chi connectivity index (χ1) is 11.0. The van der Waals surface area contributed by atoms with Gasteiger partial charge in [-0.2, -0.15) is 0 Å². The highest BCUT2D eigenvalue weighted by Crippen LogP contribution is 2.34. The first-order valence-electron chi connectivity index (χ1n) is 8.41. The molecule has 1 atom stereocenters. The lowest BCUT2D eigenvalue weighted by atomic mass is 9.81.